The molecular weight excluding hydrogens is 284 g/mol. The van der Waals surface area contributed by atoms with Gasteiger partial charge in [0.1, 0.15) is 5.82 Å². The Hall–Kier alpha value is -2.17. The number of alkyl halides is 3. The van der Waals surface area contributed by atoms with Crippen LogP contribution in [0.3, 0.4) is 0 Å². The first-order valence-electron chi connectivity index (χ1n) is 6.31. The lowest BCUT2D eigenvalue weighted by Gasteiger charge is -2.08. The molecule has 0 fully saturated rings. The van der Waals surface area contributed by atoms with Gasteiger partial charge in [-0.2, -0.15) is 13.2 Å². The van der Waals surface area contributed by atoms with Gasteiger partial charge in [0.25, 0.3) is 0 Å². The van der Waals surface area contributed by atoms with E-state index in [2.05, 4.69) is 0 Å². The lowest BCUT2D eigenvalue weighted by atomic mass is 10.0. The highest BCUT2D eigenvalue weighted by atomic mass is 19.4. The minimum Gasteiger partial charge on any atom is -0.294 e. The molecule has 0 amide bonds. The van der Waals surface area contributed by atoms with Gasteiger partial charge in [-0.05, 0) is 36.2 Å². The second-order valence-corrected chi connectivity index (χ2v) is 4.63. The Labute approximate surface area is 119 Å². The van der Waals surface area contributed by atoms with Crippen LogP contribution in [-0.2, 0) is 12.6 Å². The molecule has 0 aliphatic rings. The van der Waals surface area contributed by atoms with E-state index in [-0.39, 0.29) is 23.6 Å². The van der Waals surface area contributed by atoms with E-state index in [0.717, 1.165) is 17.7 Å². The minimum atomic E-state index is -4.47. The maximum Gasteiger partial charge on any atom is 0.416 e. The van der Waals surface area contributed by atoms with Crippen molar-refractivity contribution in [3.05, 3.63) is 71.0 Å². The first-order chi connectivity index (χ1) is 9.86. The largest absolute Gasteiger partial charge is 0.416 e. The fourth-order valence-electron chi connectivity index (χ4n) is 1.92. The van der Waals surface area contributed by atoms with E-state index < -0.39 is 11.7 Å². The van der Waals surface area contributed by atoms with Crippen LogP contribution in [0.5, 0.6) is 0 Å². The topological polar surface area (TPSA) is 17.1 Å². The van der Waals surface area contributed by atoms with Crippen LogP contribution in [0, 0.1) is 5.82 Å². The number of aryl methyl sites for hydroxylation is 1. The Morgan fingerprint density at radius 3 is 2.29 bits per heavy atom. The average molecular weight is 296 g/mol. The number of carbonyl (C=O) groups excluding carboxylic acids is 1. The second kappa shape index (κ2) is 6.08. The maximum atomic E-state index is 12.7. The molecule has 0 aliphatic heterocycles. The van der Waals surface area contributed by atoms with Crippen molar-refractivity contribution in [2.45, 2.75) is 19.0 Å². The van der Waals surface area contributed by atoms with Crippen molar-refractivity contribution in [3.63, 3.8) is 0 Å². The summed E-state index contributed by atoms with van der Waals surface area (Å²) in [7, 11) is 0. The molecule has 2 aromatic carbocycles. The van der Waals surface area contributed by atoms with Gasteiger partial charge in [-0.15, -0.1) is 0 Å². The zero-order chi connectivity index (χ0) is 15.5. The van der Waals surface area contributed by atoms with Crippen LogP contribution in [0.1, 0.15) is 27.9 Å². The summed E-state index contributed by atoms with van der Waals surface area (Å²) in [6.07, 6.45) is -4.03. The molecule has 0 saturated carbocycles. The molecular formula is C16H12F4O. The number of Topliss-reactive ketones (excluding diaryl/α,β-unsaturated/α-hetero) is 1. The van der Waals surface area contributed by atoms with E-state index >= 15 is 0 Å². The molecule has 0 bridgehead atoms. The zero-order valence-electron chi connectivity index (χ0n) is 11.0. The molecule has 1 nitrogen and oxygen atoms in total. The Morgan fingerprint density at radius 2 is 1.67 bits per heavy atom. The van der Waals surface area contributed by atoms with Crippen LogP contribution >= 0.6 is 0 Å². The molecule has 0 atom stereocenters. The maximum absolute atomic E-state index is 12.7. The quantitative estimate of drug-likeness (QED) is 0.592. The molecule has 0 radical (unpaired) electrons. The van der Waals surface area contributed by atoms with Gasteiger partial charge in [0.2, 0.25) is 0 Å². The Morgan fingerprint density at radius 1 is 1.00 bits per heavy atom. The van der Waals surface area contributed by atoms with Crippen molar-refractivity contribution < 1.29 is 22.4 Å². The van der Waals surface area contributed by atoms with Crippen molar-refractivity contribution in [1.29, 1.82) is 0 Å². The number of hydrogen-bond donors (Lipinski definition) is 0. The highest BCUT2D eigenvalue weighted by Crippen LogP contribution is 2.29. The van der Waals surface area contributed by atoms with Gasteiger partial charge in [-0.3, -0.25) is 4.79 Å². The van der Waals surface area contributed by atoms with Crippen molar-refractivity contribution in [3.8, 4) is 0 Å². The van der Waals surface area contributed by atoms with Crippen LogP contribution in [0.25, 0.3) is 0 Å². The van der Waals surface area contributed by atoms with Gasteiger partial charge in [0.15, 0.2) is 5.78 Å². The number of halogens is 4. The Kier molecular flexibility index (Phi) is 4.40. The third-order valence-electron chi connectivity index (χ3n) is 3.07. The van der Waals surface area contributed by atoms with E-state index in [0.29, 0.717) is 6.42 Å². The van der Waals surface area contributed by atoms with Crippen LogP contribution in [0.2, 0.25) is 0 Å². The fraction of sp³-hybridized carbons (Fsp3) is 0.188. The predicted molar refractivity (Wildman–Crippen MR) is 70.5 cm³/mol. The van der Waals surface area contributed by atoms with Crippen LogP contribution in [0.15, 0.2) is 48.5 Å². The van der Waals surface area contributed by atoms with E-state index in [9.17, 15) is 22.4 Å². The summed E-state index contributed by atoms with van der Waals surface area (Å²) < 4.78 is 50.5. The van der Waals surface area contributed by atoms with E-state index in [1.54, 1.807) is 12.1 Å². The molecule has 2 aromatic rings. The predicted octanol–water partition coefficient (Wildman–Crippen LogP) is 4.66. The summed E-state index contributed by atoms with van der Waals surface area (Å²) in [6, 6.07) is 10.0. The SMILES string of the molecule is O=C(CCc1ccc(F)cc1)c1cccc(C(F)(F)F)c1. The van der Waals surface area contributed by atoms with Gasteiger partial charge >= 0.3 is 6.18 Å². The molecule has 0 heterocycles. The lowest BCUT2D eigenvalue weighted by molar-refractivity contribution is -0.137. The number of ketones is 1. The first-order valence-corrected chi connectivity index (χ1v) is 6.31. The highest BCUT2D eigenvalue weighted by molar-refractivity contribution is 5.96. The molecule has 0 spiro atoms. The molecule has 0 saturated heterocycles. The average Bonchev–Trinajstić information content (AvgIpc) is 2.45. The standard InChI is InChI=1S/C16H12F4O/c17-14-7-4-11(5-8-14)6-9-15(21)12-2-1-3-13(10-12)16(18,19)20/h1-5,7-8,10H,6,9H2. The summed E-state index contributed by atoms with van der Waals surface area (Å²) in [4.78, 5) is 11.9. The number of rotatable bonds is 4. The smallest absolute Gasteiger partial charge is 0.294 e. The van der Waals surface area contributed by atoms with Gasteiger partial charge < -0.3 is 0 Å². The van der Waals surface area contributed by atoms with Crippen molar-refractivity contribution >= 4 is 5.78 Å². The van der Waals surface area contributed by atoms with Crippen LogP contribution in [0.4, 0.5) is 17.6 Å². The molecule has 0 unspecified atom stereocenters. The van der Waals surface area contributed by atoms with Crippen LogP contribution in [-0.4, -0.2) is 5.78 Å². The first kappa shape index (κ1) is 15.2. The minimum absolute atomic E-state index is 0.0342. The number of benzene rings is 2. The van der Waals surface area contributed by atoms with Gasteiger partial charge in [0.05, 0.1) is 5.56 Å². The molecule has 21 heavy (non-hydrogen) atoms. The molecule has 0 N–H and O–H groups in total. The molecule has 2 rings (SSSR count). The number of hydrogen-bond acceptors (Lipinski definition) is 1. The van der Waals surface area contributed by atoms with E-state index in [4.69, 9.17) is 0 Å². The zero-order valence-corrected chi connectivity index (χ0v) is 11.0. The number of carbonyl (C=O) groups is 1. The highest BCUT2D eigenvalue weighted by Gasteiger charge is 2.30. The lowest BCUT2D eigenvalue weighted by Crippen LogP contribution is -2.08. The molecule has 5 heteroatoms. The van der Waals surface area contributed by atoms with Crippen molar-refractivity contribution in [1.82, 2.24) is 0 Å². The summed E-state index contributed by atoms with van der Waals surface area (Å²) in [5, 5.41) is 0. The Bertz CT molecular complexity index is 629. The normalized spacial score (nSPS) is 11.4. The fourth-order valence-corrected chi connectivity index (χ4v) is 1.92. The van der Waals surface area contributed by atoms with Crippen molar-refractivity contribution in [2.75, 3.05) is 0 Å². The summed E-state index contributed by atoms with van der Waals surface area (Å²) >= 11 is 0. The molecule has 0 aromatic heterocycles. The summed E-state index contributed by atoms with van der Waals surface area (Å²) in [5.74, 6) is -0.742. The van der Waals surface area contributed by atoms with Crippen molar-refractivity contribution in [2.24, 2.45) is 0 Å². The third kappa shape index (κ3) is 4.15. The Balaban J connectivity index is 2.05. The van der Waals surface area contributed by atoms with Gasteiger partial charge in [-0.1, -0.05) is 24.3 Å². The monoisotopic (exact) mass is 296 g/mol. The summed E-state index contributed by atoms with van der Waals surface area (Å²) in [6.45, 7) is 0. The summed E-state index contributed by atoms with van der Waals surface area (Å²) in [5.41, 5.74) is -0.0428. The van der Waals surface area contributed by atoms with E-state index in [1.165, 1.54) is 24.3 Å². The van der Waals surface area contributed by atoms with Gasteiger partial charge in [-0.25, -0.2) is 4.39 Å². The third-order valence-corrected chi connectivity index (χ3v) is 3.07. The molecule has 0 aliphatic carbocycles. The van der Waals surface area contributed by atoms with Crippen LogP contribution < -0.4 is 0 Å². The second-order valence-electron chi connectivity index (χ2n) is 4.63. The van der Waals surface area contributed by atoms with E-state index in [1.807, 2.05) is 0 Å². The molecule has 110 valence electrons. The van der Waals surface area contributed by atoms with Gasteiger partial charge in [0, 0.05) is 12.0 Å².